The van der Waals surface area contributed by atoms with Crippen molar-refractivity contribution in [3.8, 4) is 28.2 Å². The maximum atomic E-state index is 13.4. The Balaban J connectivity index is 2.06. The first-order valence-corrected chi connectivity index (χ1v) is 10.5. The van der Waals surface area contributed by atoms with Crippen molar-refractivity contribution in [2.75, 3.05) is 6.26 Å². The maximum Gasteiger partial charge on any atom is 0.204 e. The Morgan fingerprint density at radius 2 is 1.52 bits per heavy atom. The molecule has 146 valence electrons. The summed E-state index contributed by atoms with van der Waals surface area (Å²) in [6, 6.07) is 15.7. The third-order valence-electron chi connectivity index (χ3n) is 4.57. The van der Waals surface area contributed by atoms with Crippen LogP contribution < -0.4 is 5.43 Å². The summed E-state index contributed by atoms with van der Waals surface area (Å²) in [4.78, 5) is 13.4. The predicted molar refractivity (Wildman–Crippen MR) is 108 cm³/mol. The number of benzene rings is 3. The van der Waals surface area contributed by atoms with Gasteiger partial charge in [0.25, 0.3) is 0 Å². The van der Waals surface area contributed by atoms with Crippen molar-refractivity contribution >= 4 is 20.8 Å². The molecular weight excluding hydrogens is 395 g/mol. The molecule has 29 heavy (non-hydrogen) atoms. The Labute approximate surface area is 165 Å². The van der Waals surface area contributed by atoms with Crippen LogP contribution in [0.4, 0.5) is 4.39 Å². The summed E-state index contributed by atoms with van der Waals surface area (Å²) in [5.74, 6) is -0.487. The highest BCUT2D eigenvalue weighted by Gasteiger charge is 2.20. The smallest absolute Gasteiger partial charge is 0.204 e. The van der Waals surface area contributed by atoms with E-state index in [0.29, 0.717) is 11.1 Å². The standard InChI is InChI=1S/C22H15FO5S/c1-29(26,27)16-11-7-14(8-12-16)22-19(13-5-9-15(23)10-6-13)21(25)20-17(24)3-2-4-18(20)28-22/h2-12,24H,1H3. The Hall–Kier alpha value is -3.45. The van der Waals surface area contributed by atoms with Crippen LogP contribution in [0.2, 0.25) is 0 Å². The number of halogens is 1. The van der Waals surface area contributed by atoms with Gasteiger partial charge in [0.15, 0.2) is 9.84 Å². The summed E-state index contributed by atoms with van der Waals surface area (Å²) >= 11 is 0. The van der Waals surface area contributed by atoms with Gasteiger partial charge >= 0.3 is 0 Å². The Bertz CT molecular complexity index is 1390. The summed E-state index contributed by atoms with van der Waals surface area (Å²) < 4.78 is 42.8. The van der Waals surface area contributed by atoms with Gasteiger partial charge in [0.05, 0.1) is 10.5 Å². The number of aromatic hydroxyl groups is 1. The molecule has 4 aromatic rings. The molecule has 1 heterocycles. The number of fused-ring (bicyclic) bond motifs is 1. The quantitative estimate of drug-likeness (QED) is 0.542. The fourth-order valence-electron chi connectivity index (χ4n) is 3.16. The molecule has 3 aromatic carbocycles. The van der Waals surface area contributed by atoms with Crippen molar-refractivity contribution in [2.24, 2.45) is 0 Å². The summed E-state index contributed by atoms with van der Waals surface area (Å²) in [5, 5.41) is 10.2. The van der Waals surface area contributed by atoms with Crippen molar-refractivity contribution in [2.45, 2.75) is 4.90 Å². The highest BCUT2D eigenvalue weighted by molar-refractivity contribution is 7.90. The molecule has 0 fully saturated rings. The van der Waals surface area contributed by atoms with E-state index in [1.54, 1.807) is 12.1 Å². The number of hydrogen-bond acceptors (Lipinski definition) is 5. The normalized spacial score (nSPS) is 11.7. The molecule has 0 aliphatic heterocycles. The number of hydrogen-bond donors (Lipinski definition) is 1. The molecule has 0 spiro atoms. The van der Waals surface area contributed by atoms with Gasteiger partial charge in [0.2, 0.25) is 5.43 Å². The molecule has 0 saturated heterocycles. The van der Waals surface area contributed by atoms with Gasteiger partial charge in [0.1, 0.15) is 28.3 Å². The lowest BCUT2D eigenvalue weighted by Crippen LogP contribution is -2.08. The van der Waals surface area contributed by atoms with E-state index in [4.69, 9.17) is 4.42 Å². The molecule has 0 amide bonds. The third kappa shape index (κ3) is 3.40. The molecular formula is C22H15FO5S. The average Bonchev–Trinajstić information content (AvgIpc) is 2.68. The first kappa shape index (κ1) is 18.9. The summed E-state index contributed by atoms with van der Waals surface area (Å²) in [7, 11) is -3.38. The molecule has 7 heteroatoms. The summed E-state index contributed by atoms with van der Waals surface area (Å²) in [5.41, 5.74) is 0.735. The fraction of sp³-hybridized carbons (Fsp3) is 0.0455. The van der Waals surface area contributed by atoms with Crippen LogP contribution in [-0.4, -0.2) is 19.8 Å². The van der Waals surface area contributed by atoms with Gasteiger partial charge in [-0.2, -0.15) is 0 Å². The van der Waals surface area contributed by atoms with Crippen LogP contribution >= 0.6 is 0 Å². The number of sulfone groups is 1. The van der Waals surface area contributed by atoms with Crippen LogP contribution in [0.15, 0.2) is 80.8 Å². The third-order valence-corrected chi connectivity index (χ3v) is 5.70. The van der Waals surface area contributed by atoms with E-state index < -0.39 is 21.1 Å². The molecule has 5 nitrogen and oxygen atoms in total. The molecule has 0 aliphatic carbocycles. The van der Waals surface area contributed by atoms with Crippen molar-refractivity contribution in [3.63, 3.8) is 0 Å². The molecule has 0 bridgehead atoms. The van der Waals surface area contributed by atoms with E-state index in [-0.39, 0.29) is 32.9 Å². The van der Waals surface area contributed by atoms with Gasteiger partial charge in [-0.1, -0.05) is 18.2 Å². The lowest BCUT2D eigenvalue weighted by molar-refractivity contribution is 0.480. The lowest BCUT2D eigenvalue weighted by atomic mass is 9.98. The zero-order chi connectivity index (χ0) is 20.8. The Morgan fingerprint density at radius 3 is 2.14 bits per heavy atom. The van der Waals surface area contributed by atoms with Gasteiger partial charge in [-0.3, -0.25) is 4.79 Å². The second-order valence-corrected chi connectivity index (χ2v) is 8.60. The monoisotopic (exact) mass is 410 g/mol. The van der Waals surface area contributed by atoms with Crippen LogP contribution in [0.5, 0.6) is 5.75 Å². The number of phenolic OH excluding ortho intramolecular Hbond substituents is 1. The highest BCUT2D eigenvalue weighted by atomic mass is 32.2. The van der Waals surface area contributed by atoms with Crippen molar-refractivity contribution in [3.05, 3.63) is 82.8 Å². The van der Waals surface area contributed by atoms with Gasteiger partial charge in [-0.15, -0.1) is 0 Å². The SMILES string of the molecule is CS(=O)(=O)c1ccc(-c2oc3cccc(O)c3c(=O)c2-c2ccc(F)cc2)cc1. The van der Waals surface area contributed by atoms with Gasteiger partial charge in [-0.05, 0) is 54.1 Å². The molecule has 1 aromatic heterocycles. The van der Waals surface area contributed by atoms with E-state index in [9.17, 15) is 22.7 Å². The molecule has 0 aliphatic rings. The maximum absolute atomic E-state index is 13.4. The average molecular weight is 410 g/mol. The number of phenols is 1. The molecule has 0 saturated carbocycles. The predicted octanol–water partition coefficient (Wildman–Crippen LogP) is 4.38. The van der Waals surface area contributed by atoms with Crippen molar-refractivity contribution < 1.29 is 22.3 Å². The molecule has 1 N–H and O–H groups in total. The Morgan fingerprint density at radius 1 is 0.897 bits per heavy atom. The number of rotatable bonds is 3. The fourth-order valence-corrected chi connectivity index (χ4v) is 3.79. The molecule has 0 unspecified atom stereocenters. The minimum atomic E-state index is -3.38. The van der Waals surface area contributed by atoms with E-state index >= 15 is 0 Å². The first-order valence-electron chi connectivity index (χ1n) is 8.61. The second kappa shape index (κ2) is 6.86. The lowest BCUT2D eigenvalue weighted by Gasteiger charge is -2.12. The summed E-state index contributed by atoms with van der Waals surface area (Å²) in [6.07, 6.45) is 1.10. The second-order valence-electron chi connectivity index (χ2n) is 6.59. The van der Waals surface area contributed by atoms with E-state index in [0.717, 1.165) is 6.26 Å². The zero-order valence-electron chi connectivity index (χ0n) is 15.2. The minimum absolute atomic E-state index is 0.0170. The van der Waals surface area contributed by atoms with Crippen LogP contribution in [0.3, 0.4) is 0 Å². The zero-order valence-corrected chi connectivity index (χ0v) is 16.0. The van der Waals surface area contributed by atoms with Gasteiger partial charge in [-0.25, -0.2) is 12.8 Å². The topological polar surface area (TPSA) is 84.6 Å². The molecule has 0 atom stereocenters. The highest BCUT2D eigenvalue weighted by Crippen LogP contribution is 2.35. The minimum Gasteiger partial charge on any atom is -0.507 e. The van der Waals surface area contributed by atoms with Crippen molar-refractivity contribution in [1.82, 2.24) is 0 Å². The first-order chi connectivity index (χ1) is 13.8. The van der Waals surface area contributed by atoms with E-state index in [1.807, 2.05) is 0 Å². The van der Waals surface area contributed by atoms with Crippen LogP contribution in [0, 0.1) is 5.82 Å². The van der Waals surface area contributed by atoms with E-state index in [1.165, 1.54) is 54.6 Å². The van der Waals surface area contributed by atoms with Gasteiger partial charge in [0, 0.05) is 11.8 Å². The van der Waals surface area contributed by atoms with E-state index in [2.05, 4.69) is 0 Å². The largest absolute Gasteiger partial charge is 0.507 e. The Kier molecular flexibility index (Phi) is 4.47. The molecule has 4 rings (SSSR count). The van der Waals surface area contributed by atoms with Crippen LogP contribution in [0.25, 0.3) is 33.4 Å². The van der Waals surface area contributed by atoms with Crippen molar-refractivity contribution in [1.29, 1.82) is 0 Å². The van der Waals surface area contributed by atoms with Crippen LogP contribution in [0.1, 0.15) is 0 Å². The van der Waals surface area contributed by atoms with Crippen LogP contribution in [-0.2, 0) is 9.84 Å². The summed E-state index contributed by atoms with van der Waals surface area (Å²) in [6.45, 7) is 0. The molecule has 0 radical (unpaired) electrons. The van der Waals surface area contributed by atoms with Gasteiger partial charge < -0.3 is 9.52 Å².